The third kappa shape index (κ3) is 4.34. The fraction of sp³-hybridized carbons (Fsp3) is 0.895. The average Bonchev–Trinajstić information content (AvgIpc) is 3.44. The lowest BCUT2D eigenvalue weighted by Gasteiger charge is -2.58. The number of rotatable bonds is 0. The van der Waals surface area contributed by atoms with Crippen LogP contribution in [-0.4, -0.2) is 44.8 Å². The van der Waals surface area contributed by atoms with Crippen LogP contribution in [-0.2, 0) is 0 Å². The van der Waals surface area contributed by atoms with E-state index in [0.29, 0.717) is 10.8 Å². The standard InChI is InChI=1S/2C19H30O2/c2*1-18-9-7-13(20)11-12(18)3-4-14-15-5-6-17(21)19(15,2)10-8-16(14)18/h2*11,13-17,20-21H,3-10H2,1-2H3/t2*13?,14-,15-,16-,17?,18-,19-/m00/s1. The molecule has 0 radical (unpaired) electrons. The highest BCUT2D eigenvalue weighted by Gasteiger charge is 2.60. The van der Waals surface area contributed by atoms with Crippen LogP contribution in [0.15, 0.2) is 23.3 Å². The molecule has 8 aliphatic rings. The number of hydrogen-bond acceptors (Lipinski definition) is 4. The zero-order chi connectivity index (χ0) is 29.7. The maximum atomic E-state index is 10.5. The Morgan fingerprint density at radius 1 is 0.476 bits per heavy atom. The van der Waals surface area contributed by atoms with Crippen molar-refractivity contribution in [1.82, 2.24) is 0 Å². The van der Waals surface area contributed by atoms with E-state index in [-0.39, 0.29) is 35.2 Å². The molecule has 4 nitrogen and oxygen atoms in total. The number of allylic oxidation sites excluding steroid dienone is 2. The molecular weight excluding hydrogens is 520 g/mol. The van der Waals surface area contributed by atoms with E-state index in [4.69, 9.17) is 0 Å². The first-order valence-electron chi connectivity index (χ1n) is 18.0. The molecule has 236 valence electrons. The second-order valence-electron chi connectivity index (χ2n) is 17.5. The van der Waals surface area contributed by atoms with Gasteiger partial charge in [-0.2, -0.15) is 0 Å². The molecule has 0 heterocycles. The molecule has 0 aliphatic heterocycles. The zero-order valence-corrected chi connectivity index (χ0v) is 27.0. The van der Waals surface area contributed by atoms with Gasteiger partial charge in [0.15, 0.2) is 0 Å². The summed E-state index contributed by atoms with van der Waals surface area (Å²) in [7, 11) is 0. The zero-order valence-electron chi connectivity index (χ0n) is 27.0. The largest absolute Gasteiger partial charge is 0.393 e. The van der Waals surface area contributed by atoms with Gasteiger partial charge in [-0.15, -0.1) is 0 Å². The average molecular weight is 581 g/mol. The lowest BCUT2D eigenvalue weighted by atomic mass is 9.47. The predicted octanol–water partition coefficient (Wildman–Crippen LogP) is 7.34. The molecule has 0 aromatic heterocycles. The van der Waals surface area contributed by atoms with Gasteiger partial charge >= 0.3 is 0 Å². The molecule has 4 unspecified atom stereocenters. The van der Waals surface area contributed by atoms with E-state index in [1.54, 1.807) is 11.1 Å². The fourth-order valence-corrected chi connectivity index (χ4v) is 13.4. The normalized spacial score (nSPS) is 56.2. The summed E-state index contributed by atoms with van der Waals surface area (Å²) in [6.07, 6.45) is 22.4. The topological polar surface area (TPSA) is 80.9 Å². The Morgan fingerprint density at radius 3 is 1.29 bits per heavy atom. The van der Waals surface area contributed by atoms with Crippen LogP contribution in [0.2, 0.25) is 0 Å². The lowest BCUT2D eigenvalue weighted by molar-refractivity contribution is -0.0761. The van der Waals surface area contributed by atoms with Crippen molar-refractivity contribution in [3.8, 4) is 0 Å². The number of aliphatic hydroxyl groups excluding tert-OH is 4. The first kappa shape index (κ1) is 30.0. The summed E-state index contributed by atoms with van der Waals surface area (Å²) >= 11 is 0. The van der Waals surface area contributed by atoms with E-state index in [0.717, 1.165) is 74.0 Å². The molecule has 0 aromatic carbocycles. The molecule has 42 heavy (non-hydrogen) atoms. The van der Waals surface area contributed by atoms with Crippen LogP contribution in [0, 0.1) is 57.2 Å². The molecule has 0 aromatic rings. The van der Waals surface area contributed by atoms with Gasteiger partial charge in [-0.3, -0.25) is 0 Å². The fourth-order valence-electron chi connectivity index (χ4n) is 13.4. The van der Waals surface area contributed by atoms with Crippen molar-refractivity contribution in [2.75, 3.05) is 0 Å². The van der Waals surface area contributed by atoms with Gasteiger partial charge in [-0.05, 0) is 160 Å². The van der Waals surface area contributed by atoms with Gasteiger partial charge in [0.25, 0.3) is 0 Å². The Bertz CT molecular complexity index is 1030. The van der Waals surface area contributed by atoms with Gasteiger partial charge in [0, 0.05) is 0 Å². The smallest absolute Gasteiger partial charge is 0.0724 e. The molecule has 4 N–H and O–H groups in total. The number of aliphatic hydroxyl groups is 4. The van der Waals surface area contributed by atoms with Crippen LogP contribution in [0.3, 0.4) is 0 Å². The maximum Gasteiger partial charge on any atom is 0.0724 e. The van der Waals surface area contributed by atoms with Crippen LogP contribution in [0.4, 0.5) is 0 Å². The molecule has 6 fully saturated rings. The molecule has 4 heteroatoms. The highest BCUT2D eigenvalue weighted by molar-refractivity contribution is 5.26. The molecule has 14 atom stereocenters. The molecule has 8 rings (SSSR count). The third-order valence-corrected chi connectivity index (χ3v) is 16.1. The maximum absolute atomic E-state index is 10.5. The van der Waals surface area contributed by atoms with Crippen molar-refractivity contribution >= 4 is 0 Å². The SMILES string of the molecule is C[C@]12CCC(O)C=C1CC[C@@H]1[C@@H]2CC[C@]2(C)C(O)CC[C@@H]12.C[C@]12CCC(O)C=C1CC[C@@H]1[C@@H]2CC[C@]2(C)C(O)CC[C@@H]12. The first-order valence-corrected chi connectivity index (χ1v) is 18.0. The second-order valence-corrected chi connectivity index (χ2v) is 17.5. The summed E-state index contributed by atoms with van der Waals surface area (Å²) < 4.78 is 0. The summed E-state index contributed by atoms with van der Waals surface area (Å²) in [5.41, 5.74) is 4.13. The van der Waals surface area contributed by atoms with Crippen LogP contribution < -0.4 is 0 Å². The number of hydrogen-bond donors (Lipinski definition) is 4. The van der Waals surface area contributed by atoms with E-state index in [2.05, 4.69) is 39.8 Å². The van der Waals surface area contributed by atoms with Crippen LogP contribution in [0.25, 0.3) is 0 Å². The molecular formula is C38H60O4. The van der Waals surface area contributed by atoms with Crippen molar-refractivity contribution in [3.05, 3.63) is 23.3 Å². The molecule has 8 aliphatic carbocycles. The van der Waals surface area contributed by atoms with Crippen LogP contribution in [0.5, 0.6) is 0 Å². The molecule has 6 saturated carbocycles. The third-order valence-electron chi connectivity index (χ3n) is 16.1. The van der Waals surface area contributed by atoms with Crippen molar-refractivity contribution in [2.45, 2.75) is 155 Å². The summed E-state index contributed by atoms with van der Waals surface area (Å²) in [6.45, 7) is 9.64. The second kappa shape index (κ2) is 10.4. The van der Waals surface area contributed by atoms with Crippen molar-refractivity contribution in [1.29, 1.82) is 0 Å². The van der Waals surface area contributed by atoms with E-state index in [1.165, 1.54) is 64.2 Å². The monoisotopic (exact) mass is 580 g/mol. The Kier molecular flexibility index (Phi) is 7.45. The van der Waals surface area contributed by atoms with Gasteiger partial charge in [0.05, 0.1) is 24.4 Å². The van der Waals surface area contributed by atoms with Gasteiger partial charge in [-0.1, -0.05) is 51.0 Å². The lowest BCUT2D eigenvalue weighted by Crippen LogP contribution is -2.51. The van der Waals surface area contributed by atoms with Crippen molar-refractivity contribution in [3.63, 3.8) is 0 Å². The Hall–Kier alpha value is -0.680. The quantitative estimate of drug-likeness (QED) is 0.226. The number of fused-ring (bicyclic) bond motifs is 10. The molecule has 0 amide bonds. The van der Waals surface area contributed by atoms with Gasteiger partial charge in [0.2, 0.25) is 0 Å². The Balaban J connectivity index is 0.000000137. The van der Waals surface area contributed by atoms with E-state index >= 15 is 0 Å². The minimum Gasteiger partial charge on any atom is -0.393 e. The Labute approximate surface area is 255 Å². The summed E-state index contributed by atoms with van der Waals surface area (Å²) in [5.74, 6) is 4.64. The minimum absolute atomic E-state index is 0.0682. The summed E-state index contributed by atoms with van der Waals surface area (Å²) in [5, 5.41) is 40.9. The van der Waals surface area contributed by atoms with Gasteiger partial charge < -0.3 is 20.4 Å². The van der Waals surface area contributed by atoms with Crippen LogP contribution in [0.1, 0.15) is 130 Å². The van der Waals surface area contributed by atoms with Gasteiger partial charge in [-0.25, -0.2) is 0 Å². The molecule has 0 bridgehead atoms. The van der Waals surface area contributed by atoms with Crippen molar-refractivity contribution in [2.24, 2.45) is 57.2 Å². The highest BCUT2D eigenvalue weighted by Crippen LogP contribution is 2.67. The predicted molar refractivity (Wildman–Crippen MR) is 167 cm³/mol. The molecule has 0 saturated heterocycles. The van der Waals surface area contributed by atoms with Crippen molar-refractivity contribution < 1.29 is 20.4 Å². The highest BCUT2D eigenvalue weighted by atomic mass is 16.3. The van der Waals surface area contributed by atoms with E-state index in [9.17, 15) is 20.4 Å². The Morgan fingerprint density at radius 2 is 0.881 bits per heavy atom. The van der Waals surface area contributed by atoms with E-state index in [1.807, 2.05) is 0 Å². The summed E-state index contributed by atoms with van der Waals surface area (Å²) in [6, 6.07) is 0. The minimum atomic E-state index is -0.202. The first-order chi connectivity index (χ1) is 19.9. The van der Waals surface area contributed by atoms with E-state index < -0.39 is 0 Å². The summed E-state index contributed by atoms with van der Waals surface area (Å²) in [4.78, 5) is 0. The van der Waals surface area contributed by atoms with Gasteiger partial charge in [0.1, 0.15) is 0 Å². The van der Waals surface area contributed by atoms with Crippen LogP contribution >= 0.6 is 0 Å². The molecule has 0 spiro atoms.